The smallest absolute Gasteiger partial charge is 0.0500 e. The molecule has 0 bridgehead atoms. The summed E-state index contributed by atoms with van der Waals surface area (Å²) in [7, 11) is 0. The summed E-state index contributed by atoms with van der Waals surface area (Å²) in [5, 5.41) is 8.53. The number of hydrogen-bond donors (Lipinski definition) is 1. The number of alkyl halides is 2. The van der Waals surface area contributed by atoms with Crippen LogP contribution in [-0.2, 0) is 0 Å². The number of aliphatic hydroxyl groups excluding tert-OH is 1. The molecule has 0 saturated heterocycles. The fraction of sp³-hybridized carbons (Fsp3) is 1.00. The maximum absolute atomic E-state index is 8.47. The van der Waals surface area contributed by atoms with Gasteiger partial charge in [0.2, 0.25) is 0 Å². The van der Waals surface area contributed by atoms with E-state index in [1.54, 1.807) is 0 Å². The van der Waals surface area contributed by atoms with Crippen LogP contribution in [0.25, 0.3) is 0 Å². The lowest BCUT2D eigenvalue weighted by Gasteiger charge is -2.12. The summed E-state index contributed by atoms with van der Waals surface area (Å²) in [4.78, 5) is 0. The van der Waals surface area contributed by atoms with Gasteiger partial charge in [-0.25, -0.2) is 0 Å². The van der Waals surface area contributed by atoms with Gasteiger partial charge in [-0.3, -0.25) is 0 Å². The third-order valence-corrected chi connectivity index (χ3v) is 2.68. The zero-order valence-electron chi connectivity index (χ0n) is 6.19. The van der Waals surface area contributed by atoms with Gasteiger partial charge in [0.25, 0.3) is 0 Å². The van der Waals surface area contributed by atoms with Crippen LogP contribution in [-0.4, -0.2) is 22.5 Å². The molecule has 0 fully saturated rings. The highest BCUT2D eigenvalue weighted by atomic mass is 35.5. The van der Waals surface area contributed by atoms with Crippen molar-refractivity contribution in [3.05, 3.63) is 0 Å². The SMILES string of the molecule is CCC(Cl)C(Cl)CCCO. The Hall–Kier alpha value is 0.540. The predicted molar refractivity (Wildman–Crippen MR) is 45.9 cm³/mol. The maximum atomic E-state index is 8.47. The van der Waals surface area contributed by atoms with E-state index >= 15 is 0 Å². The molecule has 0 amide bonds. The van der Waals surface area contributed by atoms with Crippen LogP contribution < -0.4 is 0 Å². The van der Waals surface area contributed by atoms with Crippen molar-refractivity contribution in [2.75, 3.05) is 6.61 Å². The first-order valence-electron chi connectivity index (χ1n) is 3.61. The van der Waals surface area contributed by atoms with Crippen LogP contribution in [0, 0.1) is 0 Å². The molecule has 0 heterocycles. The van der Waals surface area contributed by atoms with E-state index in [9.17, 15) is 0 Å². The van der Waals surface area contributed by atoms with Crippen molar-refractivity contribution < 1.29 is 5.11 Å². The van der Waals surface area contributed by atoms with Crippen molar-refractivity contribution in [3.63, 3.8) is 0 Å². The van der Waals surface area contributed by atoms with Crippen molar-refractivity contribution >= 4 is 23.2 Å². The van der Waals surface area contributed by atoms with Gasteiger partial charge >= 0.3 is 0 Å². The summed E-state index contributed by atoms with van der Waals surface area (Å²) in [5.74, 6) is 0. The molecule has 0 radical (unpaired) electrons. The third-order valence-electron chi connectivity index (χ3n) is 1.42. The van der Waals surface area contributed by atoms with E-state index in [1.807, 2.05) is 6.92 Å². The molecule has 1 N–H and O–H groups in total. The fourth-order valence-corrected chi connectivity index (χ4v) is 1.18. The zero-order chi connectivity index (χ0) is 7.98. The molecule has 0 aromatic carbocycles. The number of rotatable bonds is 5. The Bertz CT molecular complexity index is 78.0. The molecule has 0 aromatic rings. The first kappa shape index (κ1) is 10.5. The van der Waals surface area contributed by atoms with Gasteiger partial charge in [-0.1, -0.05) is 6.92 Å². The lowest BCUT2D eigenvalue weighted by molar-refractivity contribution is 0.283. The van der Waals surface area contributed by atoms with E-state index in [0.29, 0.717) is 0 Å². The first-order chi connectivity index (χ1) is 4.72. The molecule has 0 spiro atoms. The van der Waals surface area contributed by atoms with Crippen molar-refractivity contribution in [2.24, 2.45) is 0 Å². The molecule has 1 nitrogen and oxygen atoms in total. The average molecular weight is 185 g/mol. The van der Waals surface area contributed by atoms with E-state index in [-0.39, 0.29) is 17.4 Å². The van der Waals surface area contributed by atoms with Crippen molar-refractivity contribution in [1.29, 1.82) is 0 Å². The topological polar surface area (TPSA) is 20.2 Å². The van der Waals surface area contributed by atoms with Gasteiger partial charge in [0.05, 0.1) is 5.38 Å². The third kappa shape index (κ3) is 4.37. The largest absolute Gasteiger partial charge is 0.396 e. The van der Waals surface area contributed by atoms with Crippen molar-refractivity contribution in [3.8, 4) is 0 Å². The Balaban J connectivity index is 3.31. The highest BCUT2D eigenvalue weighted by Crippen LogP contribution is 2.17. The van der Waals surface area contributed by atoms with Gasteiger partial charge in [0.15, 0.2) is 0 Å². The molecule has 0 aliphatic rings. The molecule has 2 unspecified atom stereocenters. The van der Waals surface area contributed by atoms with Crippen LogP contribution >= 0.6 is 23.2 Å². The lowest BCUT2D eigenvalue weighted by Crippen LogP contribution is -2.13. The first-order valence-corrected chi connectivity index (χ1v) is 4.48. The Kier molecular flexibility index (Phi) is 6.60. The number of aliphatic hydroxyl groups is 1. The minimum atomic E-state index is 0.0128. The molecule has 0 aliphatic heterocycles. The summed E-state index contributed by atoms with van der Waals surface area (Å²) in [6.45, 7) is 2.21. The Morgan fingerprint density at radius 2 is 1.90 bits per heavy atom. The quantitative estimate of drug-likeness (QED) is 0.652. The molecule has 2 atom stereocenters. The van der Waals surface area contributed by atoms with Crippen molar-refractivity contribution in [2.45, 2.75) is 36.9 Å². The normalized spacial score (nSPS) is 16.8. The standard InChI is InChI=1S/C7H14Cl2O/c1-2-6(8)7(9)4-3-5-10/h6-7,10H,2-5H2,1H3. The molecule has 0 rings (SSSR count). The Labute approximate surface area is 72.3 Å². The van der Waals surface area contributed by atoms with E-state index in [4.69, 9.17) is 28.3 Å². The van der Waals surface area contributed by atoms with Gasteiger partial charge in [0, 0.05) is 12.0 Å². The number of halogens is 2. The summed E-state index contributed by atoms with van der Waals surface area (Å²) in [6.07, 6.45) is 2.44. The highest BCUT2D eigenvalue weighted by molar-refractivity contribution is 6.29. The Morgan fingerprint density at radius 3 is 2.30 bits per heavy atom. The molecule has 3 heteroatoms. The van der Waals surface area contributed by atoms with E-state index < -0.39 is 0 Å². The minimum Gasteiger partial charge on any atom is -0.396 e. The summed E-state index contributed by atoms with van der Waals surface area (Å²) in [6, 6.07) is 0. The second-order valence-electron chi connectivity index (χ2n) is 2.31. The lowest BCUT2D eigenvalue weighted by atomic mass is 10.1. The predicted octanol–water partition coefficient (Wildman–Crippen LogP) is 2.38. The summed E-state index contributed by atoms with van der Waals surface area (Å²) >= 11 is 11.7. The molecular formula is C7H14Cl2O. The molecule has 0 saturated carbocycles. The van der Waals surface area contributed by atoms with Crippen LogP contribution in [0.1, 0.15) is 26.2 Å². The summed E-state index contributed by atoms with van der Waals surface area (Å²) in [5.41, 5.74) is 0. The maximum Gasteiger partial charge on any atom is 0.0500 e. The van der Waals surface area contributed by atoms with Crippen LogP contribution in [0.15, 0.2) is 0 Å². The summed E-state index contributed by atoms with van der Waals surface area (Å²) < 4.78 is 0. The average Bonchev–Trinajstić information content (AvgIpc) is 1.98. The number of hydrogen-bond acceptors (Lipinski definition) is 1. The second-order valence-corrected chi connectivity index (χ2v) is 3.43. The molecule has 62 valence electrons. The molecule has 0 aromatic heterocycles. The van der Waals surface area contributed by atoms with Gasteiger partial charge in [-0.2, -0.15) is 0 Å². The minimum absolute atomic E-state index is 0.0128. The zero-order valence-corrected chi connectivity index (χ0v) is 7.70. The van der Waals surface area contributed by atoms with E-state index in [0.717, 1.165) is 19.3 Å². The van der Waals surface area contributed by atoms with Crippen LogP contribution in [0.2, 0.25) is 0 Å². The molecular weight excluding hydrogens is 171 g/mol. The van der Waals surface area contributed by atoms with Gasteiger partial charge in [-0.15, -0.1) is 23.2 Å². The molecule has 10 heavy (non-hydrogen) atoms. The fourth-order valence-electron chi connectivity index (χ4n) is 0.723. The van der Waals surface area contributed by atoms with Crippen LogP contribution in [0.4, 0.5) is 0 Å². The van der Waals surface area contributed by atoms with Crippen molar-refractivity contribution in [1.82, 2.24) is 0 Å². The highest BCUT2D eigenvalue weighted by Gasteiger charge is 2.13. The van der Waals surface area contributed by atoms with Crippen LogP contribution in [0.3, 0.4) is 0 Å². The Morgan fingerprint density at radius 1 is 1.30 bits per heavy atom. The van der Waals surface area contributed by atoms with E-state index in [1.165, 1.54) is 0 Å². The van der Waals surface area contributed by atoms with E-state index in [2.05, 4.69) is 0 Å². The van der Waals surface area contributed by atoms with Gasteiger partial charge in [-0.05, 0) is 19.3 Å². The van der Waals surface area contributed by atoms with Crippen LogP contribution in [0.5, 0.6) is 0 Å². The second kappa shape index (κ2) is 6.26. The van der Waals surface area contributed by atoms with Gasteiger partial charge in [0.1, 0.15) is 0 Å². The monoisotopic (exact) mass is 184 g/mol. The molecule has 0 aliphatic carbocycles. The van der Waals surface area contributed by atoms with Gasteiger partial charge < -0.3 is 5.11 Å².